The van der Waals surface area contributed by atoms with Gasteiger partial charge in [-0.3, -0.25) is 0 Å². The van der Waals surface area contributed by atoms with Crippen LogP contribution in [0, 0.1) is 0 Å². The highest BCUT2D eigenvalue weighted by atomic mass is 16.8. The van der Waals surface area contributed by atoms with Gasteiger partial charge in [-0.15, -0.1) is 0 Å². The molecule has 0 saturated heterocycles. The van der Waals surface area contributed by atoms with Crippen LogP contribution in [0.1, 0.15) is 5.56 Å². The van der Waals surface area contributed by atoms with Crippen molar-refractivity contribution >= 4 is 6.08 Å². The predicted molar refractivity (Wildman–Crippen MR) is 56.0 cm³/mol. The molecule has 0 aliphatic carbocycles. The van der Waals surface area contributed by atoms with E-state index in [4.69, 9.17) is 0 Å². The predicted octanol–water partition coefficient (Wildman–Crippen LogP) is 1.52. The molecule has 0 saturated carbocycles. The molecule has 15 heavy (non-hydrogen) atoms. The lowest BCUT2D eigenvalue weighted by Gasteiger charge is -2.22. The van der Waals surface area contributed by atoms with Gasteiger partial charge in [0, 0.05) is 14.2 Å². The highest BCUT2D eigenvalue weighted by molar-refractivity contribution is 5.51. The largest absolute Gasteiger partial charge is 0.505 e. The fourth-order valence-corrected chi connectivity index (χ4v) is 1.09. The van der Waals surface area contributed by atoms with Crippen molar-refractivity contribution in [3.63, 3.8) is 0 Å². The molecule has 1 aromatic carbocycles. The SMILES string of the molecule is COC(O)(OC)C(O)=Cc1ccccc1. The van der Waals surface area contributed by atoms with Crippen LogP contribution in [-0.2, 0) is 9.47 Å². The number of aliphatic hydroxyl groups excluding tert-OH is 1. The number of hydrogen-bond acceptors (Lipinski definition) is 4. The molecule has 0 fully saturated rings. The smallest absolute Gasteiger partial charge is 0.342 e. The Morgan fingerprint density at radius 2 is 1.73 bits per heavy atom. The molecule has 0 atom stereocenters. The normalized spacial score (nSPS) is 12.9. The number of aliphatic hydroxyl groups is 2. The van der Waals surface area contributed by atoms with Crippen LogP contribution in [-0.4, -0.2) is 30.4 Å². The van der Waals surface area contributed by atoms with Crippen LogP contribution in [0.3, 0.4) is 0 Å². The summed E-state index contributed by atoms with van der Waals surface area (Å²) in [6, 6.07) is 9.05. The van der Waals surface area contributed by atoms with Crippen LogP contribution < -0.4 is 0 Å². The minimum Gasteiger partial charge on any atom is -0.505 e. The van der Waals surface area contributed by atoms with E-state index in [2.05, 4.69) is 9.47 Å². The Morgan fingerprint density at radius 1 is 1.20 bits per heavy atom. The second-order valence-corrected chi connectivity index (χ2v) is 2.93. The summed E-state index contributed by atoms with van der Waals surface area (Å²) in [7, 11) is 2.47. The van der Waals surface area contributed by atoms with Gasteiger partial charge in [0.25, 0.3) is 0 Å². The molecular formula is C11H14O4. The Kier molecular flexibility index (Phi) is 3.85. The summed E-state index contributed by atoms with van der Waals surface area (Å²) in [6.07, 6.45) is 1.37. The lowest BCUT2D eigenvalue weighted by Crippen LogP contribution is -2.35. The van der Waals surface area contributed by atoms with Crippen molar-refractivity contribution in [1.29, 1.82) is 0 Å². The second kappa shape index (κ2) is 4.93. The molecule has 0 amide bonds. The molecule has 0 bridgehead atoms. The highest BCUT2D eigenvalue weighted by Gasteiger charge is 2.31. The van der Waals surface area contributed by atoms with Crippen LogP contribution in [0.4, 0.5) is 0 Å². The molecule has 4 heteroatoms. The van der Waals surface area contributed by atoms with E-state index in [-0.39, 0.29) is 0 Å². The van der Waals surface area contributed by atoms with Crippen molar-refractivity contribution < 1.29 is 19.7 Å². The van der Waals surface area contributed by atoms with Crippen molar-refractivity contribution in [2.75, 3.05) is 14.2 Å². The third kappa shape index (κ3) is 2.79. The van der Waals surface area contributed by atoms with Crippen LogP contribution >= 0.6 is 0 Å². The third-order valence-electron chi connectivity index (χ3n) is 1.98. The summed E-state index contributed by atoms with van der Waals surface area (Å²) in [5.41, 5.74) is 0.738. The Balaban J connectivity index is 2.93. The van der Waals surface area contributed by atoms with Gasteiger partial charge in [-0.05, 0) is 11.6 Å². The molecule has 2 N–H and O–H groups in total. The summed E-state index contributed by atoms with van der Waals surface area (Å²) in [5.74, 6) is -2.49. The summed E-state index contributed by atoms with van der Waals surface area (Å²) < 4.78 is 9.27. The van der Waals surface area contributed by atoms with Crippen molar-refractivity contribution in [2.24, 2.45) is 0 Å². The number of methoxy groups -OCH3 is 2. The van der Waals surface area contributed by atoms with Gasteiger partial charge >= 0.3 is 5.97 Å². The maximum Gasteiger partial charge on any atom is 0.342 e. The molecule has 4 nitrogen and oxygen atoms in total. The monoisotopic (exact) mass is 210 g/mol. The van der Waals surface area contributed by atoms with Crippen molar-refractivity contribution in [1.82, 2.24) is 0 Å². The molecule has 0 spiro atoms. The minimum absolute atomic E-state index is 0.404. The van der Waals surface area contributed by atoms with Gasteiger partial charge in [0.05, 0.1) is 0 Å². The van der Waals surface area contributed by atoms with Gasteiger partial charge in [0.2, 0.25) is 0 Å². The van der Waals surface area contributed by atoms with Crippen LogP contribution in [0.2, 0.25) is 0 Å². The van der Waals surface area contributed by atoms with Crippen molar-refractivity contribution in [3.8, 4) is 0 Å². The van der Waals surface area contributed by atoms with Gasteiger partial charge in [0.15, 0.2) is 5.76 Å². The second-order valence-electron chi connectivity index (χ2n) is 2.93. The van der Waals surface area contributed by atoms with E-state index < -0.39 is 11.7 Å². The molecule has 0 aliphatic heterocycles. The first-order chi connectivity index (χ1) is 7.12. The molecule has 0 aromatic heterocycles. The maximum atomic E-state index is 9.60. The Morgan fingerprint density at radius 3 is 2.20 bits per heavy atom. The third-order valence-corrected chi connectivity index (χ3v) is 1.98. The van der Waals surface area contributed by atoms with Gasteiger partial charge in [-0.1, -0.05) is 30.3 Å². The van der Waals surface area contributed by atoms with Gasteiger partial charge in [-0.2, -0.15) is 0 Å². The summed E-state index contributed by atoms with van der Waals surface area (Å²) in [4.78, 5) is 0. The zero-order chi connectivity index (χ0) is 11.3. The molecule has 0 unspecified atom stereocenters. The van der Waals surface area contributed by atoms with E-state index in [0.29, 0.717) is 0 Å². The molecule has 1 aromatic rings. The summed E-state index contributed by atoms with van der Waals surface area (Å²) in [6.45, 7) is 0. The number of benzene rings is 1. The first-order valence-electron chi connectivity index (χ1n) is 4.41. The fourth-order valence-electron chi connectivity index (χ4n) is 1.09. The first-order valence-corrected chi connectivity index (χ1v) is 4.41. The Hall–Kier alpha value is -1.36. The zero-order valence-corrected chi connectivity index (χ0v) is 8.68. The van der Waals surface area contributed by atoms with Crippen LogP contribution in [0.5, 0.6) is 0 Å². The topological polar surface area (TPSA) is 58.9 Å². The van der Waals surface area contributed by atoms with Crippen molar-refractivity contribution in [3.05, 3.63) is 41.7 Å². The summed E-state index contributed by atoms with van der Waals surface area (Å²) in [5, 5.41) is 19.2. The van der Waals surface area contributed by atoms with Gasteiger partial charge < -0.3 is 19.7 Å². The number of rotatable bonds is 4. The van der Waals surface area contributed by atoms with E-state index in [1.807, 2.05) is 18.2 Å². The Bertz CT molecular complexity index is 328. The van der Waals surface area contributed by atoms with E-state index in [1.165, 1.54) is 20.3 Å². The van der Waals surface area contributed by atoms with E-state index in [0.717, 1.165) is 5.56 Å². The van der Waals surface area contributed by atoms with Gasteiger partial charge in [0.1, 0.15) is 0 Å². The molecule has 82 valence electrons. The lowest BCUT2D eigenvalue weighted by molar-refractivity contribution is -0.326. The zero-order valence-electron chi connectivity index (χ0n) is 8.68. The standard InChI is InChI=1S/C11H14O4/c1-14-11(13,15-2)10(12)8-9-6-4-3-5-7-9/h3-8,12-13H,1-2H3. The first kappa shape index (κ1) is 11.7. The molecule has 0 heterocycles. The quantitative estimate of drug-likeness (QED) is 0.584. The molecule has 1 rings (SSSR count). The van der Waals surface area contributed by atoms with E-state index in [9.17, 15) is 10.2 Å². The lowest BCUT2D eigenvalue weighted by atomic mass is 10.2. The van der Waals surface area contributed by atoms with E-state index in [1.54, 1.807) is 12.1 Å². The molecule has 0 aliphatic rings. The highest BCUT2D eigenvalue weighted by Crippen LogP contribution is 2.18. The van der Waals surface area contributed by atoms with Crippen LogP contribution in [0.15, 0.2) is 36.1 Å². The average molecular weight is 210 g/mol. The van der Waals surface area contributed by atoms with Crippen LogP contribution in [0.25, 0.3) is 6.08 Å². The molecular weight excluding hydrogens is 196 g/mol. The molecule has 0 radical (unpaired) electrons. The fraction of sp³-hybridized carbons (Fsp3) is 0.273. The maximum absolute atomic E-state index is 9.60. The van der Waals surface area contributed by atoms with Gasteiger partial charge in [-0.25, -0.2) is 0 Å². The number of ether oxygens (including phenoxy) is 2. The van der Waals surface area contributed by atoms with E-state index >= 15 is 0 Å². The number of hydrogen-bond donors (Lipinski definition) is 2. The minimum atomic E-state index is -2.09. The summed E-state index contributed by atoms with van der Waals surface area (Å²) >= 11 is 0. The average Bonchev–Trinajstić information content (AvgIpc) is 2.29. The Labute approximate surface area is 88.4 Å². The van der Waals surface area contributed by atoms with Crippen molar-refractivity contribution in [2.45, 2.75) is 5.97 Å².